The molecule has 0 saturated carbocycles. The normalized spacial score (nSPS) is 24.6. The Labute approximate surface area is 332 Å². The average molecular weight is 766 g/mol. The van der Waals surface area contributed by atoms with Crippen LogP contribution in [0.25, 0.3) is 0 Å². The number of benzene rings is 4. The highest BCUT2D eigenvalue weighted by Gasteiger charge is 2.44. The monoisotopic (exact) mass is 765 g/mol. The summed E-state index contributed by atoms with van der Waals surface area (Å²) in [4.78, 5) is 59.9. The highest BCUT2D eigenvalue weighted by molar-refractivity contribution is 6.06. The van der Waals surface area contributed by atoms with Crippen molar-refractivity contribution >= 4 is 35.0 Å². The first-order valence-electron chi connectivity index (χ1n) is 20.5. The number of hydrogen-bond acceptors (Lipinski definition) is 8. The number of rotatable bonds is 5. The van der Waals surface area contributed by atoms with Gasteiger partial charge in [0.15, 0.2) is 0 Å². The van der Waals surface area contributed by atoms with Crippen molar-refractivity contribution in [2.75, 3.05) is 49.1 Å². The number of nitrogens with zero attached hydrogens (tertiary/aromatic N) is 4. The van der Waals surface area contributed by atoms with E-state index in [4.69, 9.17) is 4.74 Å². The second-order valence-corrected chi connectivity index (χ2v) is 16.6. The molecule has 292 valence electrons. The molecule has 0 bridgehead atoms. The molecule has 1 unspecified atom stereocenters. The smallest absolute Gasteiger partial charge is 0.255 e. The number of aromatic hydroxyl groups is 1. The molecule has 4 aromatic carbocycles. The number of aryl methyl sites for hydroxylation is 1. The number of nitrogens with one attached hydrogen (secondary N) is 1. The molecular weight excluding hydrogens is 719 g/mol. The number of fused-ring (bicyclic) bond motifs is 6. The van der Waals surface area contributed by atoms with Crippen LogP contribution in [0.1, 0.15) is 82.1 Å². The SMILES string of the molecule is O=C1CCC(N2Cc3c(ccc4c3OC[C@H]3CN(C(=O)C5CCN(c6ccc([C@@H]7c8ccc(O)cc8CC[C@@H]7c7ccccc7)cc6)CC5)CCN43)C2=O)C(=O)N1. The van der Waals surface area contributed by atoms with E-state index in [0.29, 0.717) is 55.6 Å². The predicted molar refractivity (Wildman–Crippen MR) is 215 cm³/mol. The second-order valence-electron chi connectivity index (χ2n) is 16.6. The first-order valence-corrected chi connectivity index (χ1v) is 20.5. The molecule has 4 amide bonds. The van der Waals surface area contributed by atoms with Gasteiger partial charge in [0.1, 0.15) is 24.1 Å². The van der Waals surface area contributed by atoms with E-state index < -0.39 is 11.9 Å². The summed E-state index contributed by atoms with van der Waals surface area (Å²) in [7, 11) is 0. The molecule has 11 nitrogen and oxygen atoms in total. The Kier molecular flexibility index (Phi) is 8.91. The summed E-state index contributed by atoms with van der Waals surface area (Å²) in [5.74, 6) is 0.842. The summed E-state index contributed by atoms with van der Waals surface area (Å²) in [6.07, 6.45) is 4.13. The Morgan fingerprint density at radius 2 is 1.60 bits per heavy atom. The maximum atomic E-state index is 14.0. The molecule has 1 aliphatic carbocycles. The summed E-state index contributed by atoms with van der Waals surface area (Å²) >= 11 is 0. The van der Waals surface area contributed by atoms with Gasteiger partial charge in [0.25, 0.3) is 5.91 Å². The number of anilines is 2. The number of phenols is 1. The molecule has 10 rings (SSSR count). The van der Waals surface area contributed by atoms with Crippen LogP contribution in [0, 0.1) is 5.92 Å². The third-order valence-corrected chi connectivity index (χ3v) is 13.4. The Balaban J connectivity index is 0.774. The minimum Gasteiger partial charge on any atom is -0.508 e. The van der Waals surface area contributed by atoms with Gasteiger partial charge in [-0.15, -0.1) is 0 Å². The Morgan fingerprint density at radius 1 is 0.789 bits per heavy atom. The molecule has 4 atom stereocenters. The molecule has 3 saturated heterocycles. The minimum absolute atomic E-state index is 0.0125. The Morgan fingerprint density at radius 3 is 2.39 bits per heavy atom. The van der Waals surface area contributed by atoms with Crippen molar-refractivity contribution in [1.82, 2.24) is 15.1 Å². The lowest BCUT2D eigenvalue weighted by Crippen LogP contribution is -2.59. The van der Waals surface area contributed by atoms with Gasteiger partial charge in [-0.2, -0.15) is 0 Å². The molecule has 2 N–H and O–H groups in total. The maximum Gasteiger partial charge on any atom is 0.255 e. The molecule has 3 fully saturated rings. The van der Waals surface area contributed by atoms with E-state index in [2.05, 4.69) is 75.8 Å². The van der Waals surface area contributed by atoms with Gasteiger partial charge in [-0.05, 0) is 96.7 Å². The molecule has 57 heavy (non-hydrogen) atoms. The second kappa shape index (κ2) is 14.3. The van der Waals surface area contributed by atoms with Gasteiger partial charge in [-0.1, -0.05) is 48.5 Å². The first kappa shape index (κ1) is 35.6. The van der Waals surface area contributed by atoms with Crippen molar-refractivity contribution in [1.29, 1.82) is 0 Å². The zero-order valence-corrected chi connectivity index (χ0v) is 31.9. The Hall–Kier alpha value is -5.84. The number of carbonyl (C=O) groups excluding carboxylic acids is 4. The average Bonchev–Trinajstić information content (AvgIpc) is 3.58. The molecule has 5 aliphatic heterocycles. The van der Waals surface area contributed by atoms with Crippen LogP contribution in [0.3, 0.4) is 0 Å². The van der Waals surface area contributed by atoms with Crippen LogP contribution < -0.4 is 19.9 Å². The van der Waals surface area contributed by atoms with Crippen LogP contribution in [0.2, 0.25) is 0 Å². The number of imide groups is 1. The van der Waals surface area contributed by atoms with E-state index in [9.17, 15) is 24.3 Å². The lowest BCUT2D eigenvalue weighted by atomic mass is 9.69. The van der Waals surface area contributed by atoms with E-state index in [-0.39, 0.29) is 48.6 Å². The fraction of sp³-hybridized carbons (Fsp3) is 0.391. The largest absolute Gasteiger partial charge is 0.508 e. The van der Waals surface area contributed by atoms with Crippen LogP contribution in [-0.4, -0.2) is 89.9 Å². The summed E-state index contributed by atoms with van der Waals surface area (Å²) in [5.41, 5.74) is 8.60. The van der Waals surface area contributed by atoms with Crippen LogP contribution in [-0.2, 0) is 27.3 Å². The lowest BCUT2D eigenvalue weighted by molar-refractivity contribution is -0.138. The molecular formula is C46H47N5O6. The van der Waals surface area contributed by atoms with Gasteiger partial charge in [-0.3, -0.25) is 24.5 Å². The summed E-state index contributed by atoms with van der Waals surface area (Å²) in [6, 6.07) is 28.8. The standard InChI is InChI=1S/C46H47N5O6/c52-34-11-13-36-31(24-34)8-12-35(28-4-2-1-3-5-28)42(36)29-6-9-32(10-7-29)48-20-18-30(19-21-48)45(55)49-22-23-50-33(25-49)27-57-43-38-26-51(40-16-17-41(53)47-44(40)54)46(56)37(38)14-15-39(43)50/h1-7,9-11,13-15,24,30,33,35,40,42,52H,8,12,16-23,25-27H2,(H,47,53,54)/t33-,35-,40?,42+/m1/s1. The zero-order chi connectivity index (χ0) is 38.8. The van der Waals surface area contributed by atoms with Gasteiger partial charge < -0.3 is 29.4 Å². The Bertz CT molecular complexity index is 2250. The van der Waals surface area contributed by atoms with Gasteiger partial charge in [0, 0.05) is 67.8 Å². The fourth-order valence-electron chi connectivity index (χ4n) is 10.5. The number of ether oxygens (including phenoxy) is 1. The van der Waals surface area contributed by atoms with Crippen LogP contribution in [0.5, 0.6) is 11.5 Å². The van der Waals surface area contributed by atoms with E-state index in [1.807, 2.05) is 29.2 Å². The van der Waals surface area contributed by atoms with Crippen molar-refractivity contribution in [3.05, 3.63) is 118 Å². The number of carbonyl (C=O) groups is 4. The lowest BCUT2D eigenvalue weighted by Gasteiger charge is -2.47. The molecule has 5 heterocycles. The number of hydrogen-bond donors (Lipinski definition) is 2. The van der Waals surface area contributed by atoms with Crippen molar-refractivity contribution in [2.24, 2.45) is 5.92 Å². The van der Waals surface area contributed by atoms with E-state index in [0.717, 1.165) is 50.0 Å². The minimum atomic E-state index is -0.674. The van der Waals surface area contributed by atoms with Gasteiger partial charge in [0.05, 0.1) is 18.3 Å². The van der Waals surface area contributed by atoms with E-state index >= 15 is 0 Å². The molecule has 0 radical (unpaired) electrons. The van der Waals surface area contributed by atoms with Crippen molar-refractivity contribution < 1.29 is 29.0 Å². The van der Waals surface area contributed by atoms with Crippen LogP contribution in [0.4, 0.5) is 11.4 Å². The molecule has 0 aromatic heterocycles. The van der Waals surface area contributed by atoms with Crippen LogP contribution in [0.15, 0.2) is 84.9 Å². The fourth-order valence-corrected chi connectivity index (χ4v) is 10.5. The summed E-state index contributed by atoms with van der Waals surface area (Å²) in [5, 5.41) is 12.6. The highest BCUT2D eigenvalue weighted by atomic mass is 16.5. The maximum absolute atomic E-state index is 14.0. The van der Waals surface area contributed by atoms with E-state index in [1.54, 1.807) is 4.90 Å². The van der Waals surface area contributed by atoms with Gasteiger partial charge in [0.2, 0.25) is 17.7 Å². The van der Waals surface area contributed by atoms with E-state index in [1.165, 1.54) is 27.9 Å². The van der Waals surface area contributed by atoms with Crippen molar-refractivity contribution in [3.8, 4) is 11.5 Å². The molecule has 11 heteroatoms. The molecule has 4 aromatic rings. The third kappa shape index (κ3) is 6.28. The van der Waals surface area contributed by atoms with Gasteiger partial charge in [-0.25, -0.2) is 0 Å². The zero-order valence-electron chi connectivity index (χ0n) is 31.9. The number of amides is 4. The van der Waals surface area contributed by atoms with Crippen molar-refractivity contribution in [3.63, 3.8) is 0 Å². The van der Waals surface area contributed by atoms with Gasteiger partial charge >= 0.3 is 0 Å². The summed E-state index contributed by atoms with van der Waals surface area (Å²) in [6.45, 7) is 4.23. The molecule has 0 spiro atoms. The van der Waals surface area contributed by atoms with Crippen LogP contribution >= 0.6 is 0 Å². The summed E-state index contributed by atoms with van der Waals surface area (Å²) < 4.78 is 6.37. The molecule has 6 aliphatic rings. The number of piperidine rings is 2. The van der Waals surface area contributed by atoms with Crippen molar-refractivity contribution in [2.45, 2.75) is 69.0 Å². The predicted octanol–water partition coefficient (Wildman–Crippen LogP) is 5.34. The number of phenolic OH excluding ortho intramolecular Hbond substituents is 1. The first-order chi connectivity index (χ1) is 27.8. The topological polar surface area (TPSA) is 123 Å². The quantitative estimate of drug-likeness (QED) is 0.261. The number of piperazine rings is 1. The third-order valence-electron chi connectivity index (χ3n) is 13.4. The highest BCUT2D eigenvalue weighted by Crippen LogP contribution is 2.48.